The average Bonchev–Trinajstić information content (AvgIpc) is 2.83. The molecule has 1 aliphatic heterocycles. The summed E-state index contributed by atoms with van der Waals surface area (Å²) in [5.74, 6) is 0.386. The molecule has 0 saturated heterocycles. The summed E-state index contributed by atoms with van der Waals surface area (Å²) >= 11 is 6.31. The molecule has 10 heteroatoms. The van der Waals surface area contributed by atoms with E-state index in [0.717, 1.165) is 11.8 Å². The van der Waals surface area contributed by atoms with Crippen molar-refractivity contribution < 1.29 is 13.2 Å². The number of nitrogens with one attached hydrogen (secondary N) is 1. The molecule has 1 amide bonds. The van der Waals surface area contributed by atoms with E-state index in [0.29, 0.717) is 46.4 Å². The lowest BCUT2D eigenvalue weighted by atomic mass is 9.99. The Hall–Kier alpha value is -3.17. The number of anilines is 1. The molecular weight excluding hydrogens is 512 g/mol. The van der Waals surface area contributed by atoms with Gasteiger partial charge in [-0.25, -0.2) is 18.0 Å². The van der Waals surface area contributed by atoms with Crippen LogP contribution in [0.5, 0.6) is 0 Å². The summed E-state index contributed by atoms with van der Waals surface area (Å²) in [4.78, 5) is 33.6. The second-order valence-electron chi connectivity index (χ2n) is 9.93. The van der Waals surface area contributed by atoms with Crippen LogP contribution in [0, 0.1) is 0 Å². The largest absolute Gasteiger partial charge is 0.353 e. The molecule has 0 unspecified atom stereocenters. The minimum atomic E-state index is -3.37. The number of halogens is 1. The fourth-order valence-electron chi connectivity index (χ4n) is 4.40. The van der Waals surface area contributed by atoms with Gasteiger partial charge in [-0.05, 0) is 74.2 Å². The van der Waals surface area contributed by atoms with Gasteiger partial charge in [-0.15, -0.1) is 0 Å². The van der Waals surface area contributed by atoms with Crippen LogP contribution in [0.1, 0.15) is 60.8 Å². The van der Waals surface area contributed by atoms with Crippen LogP contribution < -0.4 is 10.9 Å². The maximum absolute atomic E-state index is 13.6. The lowest BCUT2D eigenvalue weighted by Crippen LogP contribution is -2.41. The monoisotopic (exact) mass is 542 g/mol. The van der Waals surface area contributed by atoms with Crippen LogP contribution in [0.4, 0.5) is 5.95 Å². The van der Waals surface area contributed by atoms with Gasteiger partial charge in [-0.3, -0.25) is 9.59 Å². The van der Waals surface area contributed by atoms with Gasteiger partial charge in [0.15, 0.2) is 9.84 Å². The molecule has 0 bridgehead atoms. The predicted octanol–water partition coefficient (Wildman–Crippen LogP) is 4.43. The minimum Gasteiger partial charge on any atom is -0.353 e. The number of carbonyl (C=O) groups excluding carboxylic acids is 1. The summed E-state index contributed by atoms with van der Waals surface area (Å²) < 4.78 is 25.2. The Morgan fingerprint density at radius 2 is 1.76 bits per heavy atom. The quantitative estimate of drug-likeness (QED) is 0.494. The Balaban J connectivity index is 1.72. The number of rotatable bonds is 6. The van der Waals surface area contributed by atoms with Crippen LogP contribution in [-0.4, -0.2) is 47.6 Å². The van der Waals surface area contributed by atoms with Crippen molar-refractivity contribution in [1.82, 2.24) is 14.5 Å². The SMILES string of the molecule is CC(C)Nc1nc2c(c(=O)n1-c1ccc(S(C)(=O)=O)cc1)CCN(C(=O)c1ccc(Cl)c(C(C)C)c1)C2. The van der Waals surface area contributed by atoms with E-state index in [1.807, 2.05) is 33.8 Å². The van der Waals surface area contributed by atoms with Crippen molar-refractivity contribution >= 4 is 33.3 Å². The van der Waals surface area contributed by atoms with E-state index in [2.05, 4.69) is 5.32 Å². The van der Waals surface area contributed by atoms with Gasteiger partial charge < -0.3 is 10.2 Å². The minimum absolute atomic E-state index is 0.0173. The molecule has 3 aromatic rings. The summed E-state index contributed by atoms with van der Waals surface area (Å²) in [5.41, 5.74) is 2.84. The number of sulfone groups is 1. The van der Waals surface area contributed by atoms with Crippen LogP contribution in [0.15, 0.2) is 52.2 Å². The van der Waals surface area contributed by atoms with E-state index in [4.69, 9.17) is 16.6 Å². The molecule has 0 aliphatic carbocycles. The zero-order valence-corrected chi connectivity index (χ0v) is 23.2. The Labute approximate surface area is 222 Å². The highest BCUT2D eigenvalue weighted by molar-refractivity contribution is 7.90. The molecule has 1 aliphatic rings. The van der Waals surface area contributed by atoms with Gasteiger partial charge in [0.2, 0.25) is 5.95 Å². The standard InChI is InChI=1S/C27H31ClN4O4S/c1-16(2)22-14-18(6-11-23(22)28)25(33)31-13-12-21-24(15-31)30-27(29-17(3)4)32(26(21)34)19-7-9-20(10-8-19)37(5,35)36/h6-11,14,16-17H,12-13,15H2,1-5H3,(H,29,30). The first kappa shape index (κ1) is 26.9. The molecule has 4 rings (SSSR count). The van der Waals surface area contributed by atoms with E-state index in [9.17, 15) is 18.0 Å². The number of fused-ring (bicyclic) bond motifs is 1. The molecule has 0 spiro atoms. The van der Waals surface area contributed by atoms with Gasteiger partial charge in [-0.1, -0.05) is 25.4 Å². The van der Waals surface area contributed by atoms with Crippen molar-refractivity contribution in [1.29, 1.82) is 0 Å². The highest BCUT2D eigenvalue weighted by Crippen LogP contribution is 2.27. The number of benzene rings is 2. The number of nitrogens with zero attached hydrogens (tertiary/aromatic N) is 3. The normalized spacial score (nSPS) is 13.7. The lowest BCUT2D eigenvalue weighted by Gasteiger charge is -2.29. The molecule has 0 fully saturated rings. The summed E-state index contributed by atoms with van der Waals surface area (Å²) in [5, 5.41) is 3.86. The third-order valence-corrected chi connectivity index (χ3v) is 7.80. The summed E-state index contributed by atoms with van der Waals surface area (Å²) in [6, 6.07) is 11.5. The van der Waals surface area contributed by atoms with Gasteiger partial charge in [0.25, 0.3) is 11.5 Å². The zero-order valence-electron chi connectivity index (χ0n) is 21.6. The smallest absolute Gasteiger partial charge is 0.263 e. The molecule has 1 aromatic heterocycles. The predicted molar refractivity (Wildman–Crippen MR) is 146 cm³/mol. The van der Waals surface area contributed by atoms with Crippen molar-refractivity contribution in [2.75, 3.05) is 18.1 Å². The van der Waals surface area contributed by atoms with Crippen molar-refractivity contribution in [3.05, 3.63) is 80.2 Å². The third kappa shape index (κ3) is 5.57. The molecule has 8 nitrogen and oxygen atoms in total. The van der Waals surface area contributed by atoms with Gasteiger partial charge in [0, 0.05) is 35.0 Å². The molecule has 196 valence electrons. The number of hydrogen-bond donors (Lipinski definition) is 1. The van der Waals surface area contributed by atoms with Gasteiger partial charge >= 0.3 is 0 Å². The maximum atomic E-state index is 13.6. The zero-order chi connectivity index (χ0) is 27.1. The van der Waals surface area contributed by atoms with E-state index in [1.165, 1.54) is 16.7 Å². The summed E-state index contributed by atoms with van der Waals surface area (Å²) in [6.45, 7) is 8.52. The fraction of sp³-hybridized carbons (Fsp3) is 0.370. The van der Waals surface area contributed by atoms with Crippen molar-refractivity contribution in [2.45, 2.75) is 57.5 Å². The van der Waals surface area contributed by atoms with Gasteiger partial charge in [0.05, 0.1) is 22.8 Å². The number of aromatic nitrogens is 2. The van der Waals surface area contributed by atoms with Gasteiger partial charge in [-0.2, -0.15) is 0 Å². The van der Waals surface area contributed by atoms with Crippen LogP contribution in [0.25, 0.3) is 5.69 Å². The molecule has 2 heterocycles. The van der Waals surface area contributed by atoms with E-state index in [1.54, 1.807) is 29.2 Å². The highest BCUT2D eigenvalue weighted by atomic mass is 35.5. The van der Waals surface area contributed by atoms with E-state index >= 15 is 0 Å². The van der Waals surface area contributed by atoms with Crippen LogP contribution >= 0.6 is 11.6 Å². The summed E-state index contributed by atoms with van der Waals surface area (Å²) in [6.07, 6.45) is 1.50. The van der Waals surface area contributed by atoms with Crippen molar-refractivity contribution in [2.24, 2.45) is 0 Å². The second-order valence-corrected chi connectivity index (χ2v) is 12.4. The number of amides is 1. The average molecular weight is 543 g/mol. The topological polar surface area (TPSA) is 101 Å². The van der Waals surface area contributed by atoms with Gasteiger partial charge in [0.1, 0.15) is 0 Å². The number of hydrogen-bond acceptors (Lipinski definition) is 6. The highest BCUT2D eigenvalue weighted by Gasteiger charge is 2.28. The molecule has 2 aromatic carbocycles. The van der Waals surface area contributed by atoms with Crippen LogP contribution in [0.3, 0.4) is 0 Å². The fourth-order valence-corrected chi connectivity index (χ4v) is 5.37. The lowest BCUT2D eigenvalue weighted by molar-refractivity contribution is 0.0731. The van der Waals surface area contributed by atoms with Crippen molar-refractivity contribution in [3.63, 3.8) is 0 Å². The molecular formula is C27H31ClN4O4S. The maximum Gasteiger partial charge on any atom is 0.263 e. The Bertz CT molecular complexity index is 1510. The molecule has 37 heavy (non-hydrogen) atoms. The second kappa shape index (κ2) is 10.3. The Kier molecular flexibility index (Phi) is 7.48. The van der Waals surface area contributed by atoms with Crippen molar-refractivity contribution in [3.8, 4) is 5.69 Å². The summed E-state index contributed by atoms with van der Waals surface area (Å²) in [7, 11) is -3.37. The number of carbonyl (C=O) groups is 1. The van der Waals surface area contributed by atoms with Crippen LogP contribution in [-0.2, 0) is 22.8 Å². The first-order valence-electron chi connectivity index (χ1n) is 12.2. The Morgan fingerprint density at radius 3 is 2.35 bits per heavy atom. The molecule has 1 N–H and O–H groups in total. The van der Waals surface area contributed by atoms with E-state index in [-0.39, 0.29) is 34.9 Å². The first-order valence-corrected chi connectivity index (χ1v) is 14.4. The first-order chi connectivity index (χ1) is 17.4. The van der Waals surface area contributed by atoms with Crippen LogP contribution in [0.2, 0.25) is 5.02 Å². The van der Waals surface area contributed by atoms with E-state index < -0.39 is 9.84 Å². The third-order valence-electron chi connectivity index (χ3n) is 6.33. The molecule has 0 saturated carbocycles. The Morgan fingerprint density at radius 1 is 1.08 bits per heavy atom. The molecule has 0 atom stereocenters. The molecule has 0 radical (unpaired) electrons.